The van der Waals surface area contributed by atoms with Gasteiger partial charge >= 0.3 is 5.69 Å². The first-order valence-corrected chi connectivity index (χ1v) is 7.16. The van der Waals surface area contributed by atoms with Crippen LogP contribution in [-0.2, 0) is 0 Å². The summed E-state index contributed by atoms with van der Waals surface area (Å²) in [4.78, 5) is 12.7. The molecule has 5 rings (SSSR count). The summed E-state index contributed by atoms with van der Waals surface area (Å²) in [7, 11) is 0. The second kappa shape index (κ2) is 3.58. The third-order valence-corrected chi connectivity index (χ3v) is 4.82. The van der Waals surface area contributed by atoms with E-state index in [-0.39, 0.29) is 17.6 Å². The van der Waals surface area contributed by atoms with Gasteiger partial charge in [0.2, 0.25) is 5.88 Å². The van der Waals surface area contributed by atoms with Crippen molar-refractivity contribution in [1.29, 1.82) is 0 Å². The Morgan fingerprint density at radius 2 is 2.14 bits per heavy atom. The minimum atomic E-state index is -0.214. The number of hydrogen-bond acceptors (Lipinski definition) is 4. The van der Waals surface area contributed by atoms with Crippen LogP contribution in [0.15, 0.2) is 33.6 Å². The molecule has 6 nitrogen and oxygen atoms in total. The number of aromatic nitrogens is 3. The molecule has 3 heterocycles. The first kappa shape index (κ1) is 11.2. The Balaban J connectivity index is 1.84. The fourth-order valence-electron chi connectivity index (χ4n) is 3.92. The van der Waals surface area contributed by atoms with E-state index in [4.69, 9.17) is 4.52 Å². The van der Waals surface area contributed by atoms with Gasteiger partial charge in [-0.05, 0) is 31.4 Å². The number of benzene rings is 1. The number of rotatable bonds is 1. The number of imidazole rings is 1. The summed E-state index contributed by atoms with van der Waals surface area (Å²) in [6.07, 6.45) is 3.03. The van der Waals surface area contributed by atoms with Gasteiger partial charge in [0, 0.05) is 12.0 Å². The summed E-state index contributed by atoms with van der Waals surface area (Å²) in [6, 6.07) is 7.56. The van der Waals surface area contributed by atoms with Gasteiger partial charge in [0.05, 0.1) is 11.1 Å². The SMILES string of the molecule is O=c1n(-c2noc3ccccc23)c(O)c2n1[C@H]1CC[C@@H]2C1. The highest BCUT2D eigenvalue weighted by atomic mass is 16.5. The van der Waals surface area contributed by atoms with Gasteiger partial charge < -0.3 is 9.63 Å². The second-order valence-corrected chi connectivity index (χ2v) is 5.86. The van der Waals surface area contributed by atoms with Crippen LogP contribution in [0, 0.1) is 0 Å². The molecule has 1 aliphatic carbocycles. The highest BCUT2D eigenvalue weighted by Gasteiger charge is 2.43. The summed E-state index contributed by atoms with van der Waals surface area (Å²) in [5.74, 6) is 0.683. The molecule has 1 aliphatic heterocycles. The van der Waals surface area contributed by atoms with Crippen molar-refractivity contribution < 1.29 is 9.63 Å². The zero-order chi connectivity index (χ0) is 14.1. The molecule has 3 aromatic rings. The maximum absolute atomic E-state index is 12.7. The van der Waals surface area contributed by atoms with E-state index in [9.17, 15) is 9.90 Å². The van der Waals surface area contributed by atoms with E-state index in [2.05, 4.69) is 5.16 Å². The Bertz CT molecular complexity index is 933. The summed E-state index contributed by atoms with van der Waals surface area (Å²) in [6.45, 7) is 0. The van der Waals surface area contributed by atoms with Gasteiger partial charge in [-0.1, -0.05) is 17.3 Å². The fraction of sp³-hybridized carbons (Fsp3) is 0.333. The lowest BCUT2D eigenvalue weighted by Gasteiger charge is -2.11. The van der Waals surface area contributed by atoms with Crippen molar-refractivity contribution in [1.82, 2.24) is 14.3 Å². The van der Waals surface area contributed by atoms with E-state index in [1.54, 1.807) is 10.6 Å². The van der Waals surface area contributed by atoms with Crippen LogP contribution in [0.25, 0.3) is 16.8 Å². The molecule has 1 saturated carbocycles. The van der Waals surface area contributed by atoms with E-state index in [1.807, 2.05) is 18.2 Å². The number of hydrogen-bond donors (Lipinski definition) is 1. The standard InChI is InChI=1S/C15H13N3O3/c19-14-12-8-5-6-9(7-8)17(12)15(20)18(14)13-10-3-1-2-4-11(10)21-16-13/h1-4,8-9,19H,5-7H2/t8-,9+/m1/s1. The quantitative estimate of drug-likeness (QED) is 0.743. The fourth-order valence-corrected chi connectivity index (χ4v) is 3.92. The van der Waals surface area contributed by atoms with Crippen LogP contribution in [0.1, 0.15) is 36.9 Å². The predicted octanol–water partition coefficient (Wildman–Crippen LogP) is 2.31. The molecule has 0 radical (unpaired) electrons. The molecule has 21 heavy (non-hydrogen) atoms. The minimum absolute atomic E-state index is 0.0197. The van der Waals surface area contributed by atoms with Gasteiger partial charge in [-0.3, -0.25) is 4.57 Å². The van der Waals surface area contributed by atoms with E-state index < -0.39 is 0 Å². The molecule has 2 atom stereocenters. The number of aromatic hydroxyl groups is 1. The Morgan fingerprint density at radius 3 is 3.00 bits per heavy atom. The Kier molecular flexibility index (Phi) is 1.91. The number of nitrogens with zero attached hydrogens (tertiary/aromatic N) is 3. The van der Waals surface area contributed by atoms with Crippen molar-refractivity contribution in [3.05, 3.63) is 40.4 Å². The van der Waals surface area contributed by atoms with Gasteiger partial charge in [0.15, 0.2) is 11.4 Å². The summed E-state index contributed by atoms with van der Waals surface area (Å²) in [5.41, 5.74) is 1.16. The minimum Gasteiger partial charge on any atom is -0.493 e. The molecule has 2 aliphatic rings. The van der Waals surface area contributed by atoms with Crippen molar-refractivity contribution in [3.8, 4) is 11.7 Å². The average Bonchev–Trinajstić information content (AvgIpc) is 3.23. The van der Waals surface area contributed by atoms with E-state index in [1.165, 1.54) is 4.57 Å². The van der Waals surface area contributed by atoms with Crippen LogP contribution < -0.4 is 5.69 Å². The third kappa shape index (κ3) is 1.23. The maximum Gasteiger partial charge on any atom is 0.337 e. The average molecular weight is 283 g/mol. The molecule has 1 aromatic carbocycles. The molecule has 0 saturated heterocycles. The van der Waals surface area contributed by atoms with Gasteiger partial charge in [-0.2, -0.15) is 0 Å². The molecule has 0 amide bonds. The predicted molar refractivity (Wildman–Crippen MR) is 74.9 cm³/mol. The van der Waals surface area contributed by atoms with Crippen molar-refractivity contribution in [2.45, 2.75) is 31.2 Å². The maximum atomic E-state index is 12.7. The Labute approximate surface area is 119 Å². The molecule has 6 heteroatoms. The highest BCUT2D eigenvalue weighted by Crippen LogP contribution is 2.51. The van der Waals surface area contributed by atoms with Crippen LogP contribution in [0.3, 0.4) is 0 Å². The smallest absolute Gasteiger partial charge is 0.337 e. The van der Waals surface area contributed by atoms with Crippen molar-refractivity contribution in [2.75, 3.05) is 0 Å². The van der Waals surface area contributed by atoms with Crippen LogP contribution in [-0.4, -0.2) is 19.4 Å². The number of para-hydroxylation sites is 1. The summed E-state index contributed by atoms with van der Waals surface area (Å²) in [5, 5.41) is 15.3. The third-order valence-electron chi connectivity index (χ3n) is 4.82. The molecular formula is C15H13N3O3. The van der Waals surface area contributed by atoms with Crippen molar-refractivity contribution in [2.24, 2.45) is 0 Å². The molecule has 2 aromatic heterocycles. The Morgan fingerprint density at radius 1 is 1.29 bits per heavy atom. The zero-order valence-electron chi connectivity index (χ0n) is 11.2. The molecule has 0 unspecified atom stereocenters. The zero-order valence-corrected chi connectivity index (χ0v) is 11.2. The summed E-state index contributed by atoms with van der Waals surface area (Å²) >= 11 is 0. The van der Waals surface area contributed by atoms with Crippen LogP contribution >= 0.6 is 0 Å². The number of fused-ring (bicyclic) bond motifs is 6. The van der Waals surface area contributed by atoms with Crippen molar-refractivity contribution >= 4 is 11.0 Å². The summed E-state index contributed by atoms with van der Waals surface area (Å²) < 4.78 is 8.28. The lowest BCUT2D eigenvalue weighted by Crippen LogP contribution is -2.25. The van der Waals surface area contributed by atoms with Gasteiger partial charge in [0.1, 0.15) is 0 Å². The van der Waals surface area contributed by atoms with Gasteiger partial charge in [-0.15, -0.1) is 0 Å². The van der Waals surface area contributed by atoms with Crippen LogP contribution in [0.2, 0.25) is 0 Å². The van der Waals surface area contributed by atoms with Crippen LogP contribution in [0.5, 0.6) is 5.88 Å². The van der Waals surface area contributed by atoms with E-state index >= 15 is 0 Å². The van der Waals surface area contributed by atoms with Crippen molar-refractivity contribution in [3.63, 3.8) is 0 Å². The molecule has 0 spiro atoms. The normalized spacial score (nSPS) is 23.0. The topological polar surface area (TPSA) is 73.2 Å². The molecule has 1 fully saturated rings. The largest absolute Gasteiger partial charge is 0.493 e. The Hall–Kier alpha value is -2.50. The monoisotopic (exact) mass is 283 g/mol. The van der Waals surface area contributed by atoms with E-state index in [0.29, 0.717) is 17.3 Å². The van der Waals surface area contributed by atoms with Gasteiger partial charge in [0.25, 0.3) is 0 Å². The van der Waals surface area contributed by atoms with Crippen LogP contribution in [0.4, 0.5) is 0 Å². The first-order valence-electron chi connectivity index (χ1n) is 7.16. The first-order chi connectivity index (χ1) is 10.3. The second-order valence-electron chi connectivity index (χ2n) is 5.86. The molecule has 2 bridgehead atoms. The van der Waals surface area contributed by atoms with Gasteiger partial charge in [-0.25, -0.2) is 9.36 Å². The lowest BCUT2D eigenvalue weighted by atomic mass is 10.1. The molecule has 106 valence electrons. The highest BCUT2D eigenvalue weighted by molar-refractivity contribution is 5.84. The molecular weight excluding hydrogens is 270 g/mol. The molecule has 1 N–H and O–H groups in total. The van der Waals surface area contributed by atoms with E-state index in [0.717, 1.165) is 30.3 Å². The lowest BCUT2D eigenvalue weighted by molar-refractivity contribution is 0.415.